The third-order valence-corrected chi connectivity index (χ3v) is 6.24. The first-order chi connectivity index (χ1) is 16.5. The maximum Gasteiger partial charge on any atom is 0.255 e. The van der Waals surface area contributed by atoms with E-state index in [1.807, 2.05) is 48.5 Å². The van der Waals surface area contributed by atoms with Crippen LogP contribution in [0.1, 0.15) is 22.3 Å². The Labute approximate surface area is 200 Å². The zero-order valence-corrected chi connectivity index (χ0v) is 19.8. The van der Waals surface area contributed by atoms with E-state index in [-0.39, 0.29) is 5.91 Å². The second-order valence-electron chi connectivity index (χ2n) is 8.43. The first-order valence-corrected chi connectivity index (χ1v) is 11.3. The van der Waals surface area contributed by atoms with Crippen molar-refractivity contribution in [2.75, 3.05) is 50.4 Å². The number of para-hydroxylation sites is 2. The number of benzene rings is 3. The fourth-order valence-corrected chi connectivity index (χ4v) is 4.45. The molecule has 1 saturated heterocycles. The number of anilines is 3. The standard InChI is InChI=1S/C27H31N3O4/c1-32-24-15-19(16-25(33-2)26(24)34-3)14-18-12-13-30(17-18)21-10-8-20(9-11-21)27(31)29-23-7-5-4-6-22(23)28/h4-11,15-16,18H,12-14,17,28H2,1-3H3,(H,29,31). The molecule has 1 unspecified atom stereocenters. The SMILES string of the molecule is COc1cc(CC2CCN(c3ccc(C(=O)Nc4ccccc4N)cc3)C2)cc(OC)c1OC. The van der Waals surface area contributed by atoms with Gasteiger partial charge in [-0.05, 0) is 72.9 Å². The summed E-state index contributed by atoms with van der Waals surface area (Å²) in [5, 5.41) is 2.87. The Hall–Kier alpha value is -3.87. The van der Waals surface area contributed by atoms with Crippen molar-refractivity contribution < 1.29 is 19.0 Å². The lowest BCUT2D eigenvalue weighted by Crippen LogP contribution is -2.20. The zero-order valence-electron chi connectivity index (χ0n) is 19.8. The molecule has 1 heterocycles. The van der Waals surface area contributed by atoms with Gasteiger partial charge in [-0.3, -0.25) is 4.79 Å². The number of carbonyl (C=O) groups excluding carboxylic acids is 1. The fraction of sp³-hybridized carbons (Fsp3) is 0.296. The number of hydrogen-bond acceptors (Lipinski definition) is 6. The highest BCUT2D eigenvalue weighted by atomic mass is 16.5. The van der Waals surface area contributed by atoms with E-state index in [1.54, 1.807) is 33.5 Å². The van der Waals surface area contributed by atoms with Gasteiger partial charge in [0, 0.05) is 24.3 Å². The van der Waals surface area contributed by atoms with Gasteiger partial charge in [0.2, 0.25) is 5.75 Å². The normalized spacial score (nSPS) is 15.1. The van der Waals surface area contributed by atoms with Crippen LogP contribution in [0.3, 0.4) is 0 Å². The van der Waals surface area contributed by atoms with E-state index in [4.69, 9.17) is 19.9 Å². The van der Waals surface area contributed by atoms with Crippen molar-refractivity contribution in [3.8, 4) is 17.2 Å². The lowest BCUT2D eigenvalue weighted by atomic mass is 9.98. The van der Waals surface area contributed by atoms with Crippen molar-refractivity contribution in [1.82, 2.24) is 0 Å². The van der Waals surface area contributed by atoms with Crippen molar-refractivity contribution in [1.29, 1.82) is 0 Å². The Morgan fingerprint density at radius 1 is 1.00 bits per heavy atom. The molecular weight excluding hydrogens is 430 g/mol. The summed E-state index contributed by atoms with van der Waals surface area (Å²) in [5.74, 6) is 2.30. The monoisotopic (exact) mass is 461 g/mol. The third kappa shape index (κ3) is 5.03. The number of ether oxygens (including phenoxy) is 3. The summed E-state index contributed by atoms with van der Waals surface area (Å²) in [6.45, 7) is 1.92. The number of nitrogen functional groups attached to an aromatic ring is 1. The topological polar surface area (TPSA) is 86.1 Å². The molecule has 178 valence electrons. The van der Waals surface area contributed by atoms with E-state index in [1.165, 1.54) is 0 Å². The van der Waals surface area contributed by atoms with Crippen molar-refractivity contribution in [2.45, 2.75) is 12.8 Å². The van der Waals surface area contributed by atoms with Gasteiger partial charge in [-0.15, -0.1) is 0 Å². The number of nitrogens with one attached hydrogen (secondary N) is 1. The molecule has 34 heavy (non-hydrogen) atoms. The fourth-order valence-electron chi connectivity index (χ4n) is 4.45. The van der Waals surface area contributed by atoms with Crippen LogP contribution in [0.15, 0.2) is 60.7 Å². The largest absolute Gasteiger partial charge is 0.493 e. The van der Waals surface area contributed by atoms with Crippen LogP contribution in [0.5, 0.6) is 17.2 Å². The van der Waals surface area contributed by atoms with Crippen LogP contribution < -0.4 is 30.2 Å². The predicted octanol–water partition coefficient (Wildman–Crippen LogP) is 4.62. The number of amides is 1. The van der Waals surface area contributed by atoms with Crippen molar-refractivity contribution in [3.05, 3.63) is 71.8 Å². The average Bonchev–Trinajstić information content (AvgIpc) is 3.33. The molecule has 1 amide bonds. The molecule has 3 aromatic carbocycles. The first kappa shape index (κ1) is 23.3. The molecule has 1 aliphatic rings. The maximum absolute atomic E-state index is 12.6. The number of rotatable bonds is 8. The van der Waals surface area contributed by atoms with Gasteiger partial charge in [0.15, 0.2) is 11.5 Å². The molecule has 3 N–H and O–H groups in total. The van der Waals surface area contributed by atoms with E-state index in [9.17, 15) is 4.79 Å². The minimum Gasteiger partial charge on any atom is -0.493 e. The van der Waals surface area contributed by atoms with E-state index in [0.29, 0.717) is 40.1 Å². The zero-order chi connectivity index (χ0) is 24.1. The molecule has 7 nitrogen and oxygen atoms in total. The van der Waals surface area contributed by atoms with Gasteiger partial charge in [-0.25, -0.2) is 0 Å². The molecule has 0 spiro atoms. The van der Waals surface area contributed by atoms with Crippen LogP contribution in [0.4, 0.5) is 17.1 Å². The molecular formula is C27H31N3O4. The summed E-state index contributed by atoms with van der Waals surface area (Å²) >= 11 is 0. The Morgan fingerprint density at radius 3 is 2.29 bits per heavy atom. The Kier molecular flexibility index (Phi) is 7.11. The number of methoxy groups -OCH3 is 3. The molecule has 7 heteroatoms. The highest BCUT2D eigenvalue weighted by molar-refractivity contribution is 6.05. The van der Waals surface area contributed by atoms with Crippen LogP contribution in [-0.4, -0.2) is 40.3 Å². The van der Waals surface area contributed by atoms with E-state index >= 15 is 0 Å². The average molecular weight is 462 g/mol. The second-order valence-corrected chi connectivity index (χ2v) is 8.43. The lowest BCUT2D eigenvalue weighted by Gasteiger charge is -2.20. The minimum absolute atomic E-state index is 0.175. The third-order valence-electron chi connectivity index (χ3n) is 6.24. The van der Waals surface area contributed by atoms with Crippen LogP contribution >= 0.6 is 0 Å². The van der Waals surface area contributed by atoms with E-state index < -0.39 is 0 Å². The molecule has 1 aliphatic heterocycles. The van der Waals surface area contributed by atoms with Gasteiger partial charge in [0.05, 0.1) is 32.7 Å². The molecule has 0 aliphatic carbocycles. The van der Waals surface area contributed by atoms with Gasteiger partial charge >= 0.3 is 0 Å². The number of nitrogens with two attached hydrogens (primary N) is 1. The lowest BCUT2D eigenvalue weighted by molar-refractivity contribution is 0.102. The highest BCUT2D eigenvalue weighted by Gasteiger charge is 2.24. The molecule has 4 rings (SSSR count). The number of nitrogens with zero attached hydrogens (tertiary/aromatic N) is 1. The second kappa shape index (κ2) is 10.4. The van der Waals surface area contributed by atoms with Crippen LogP contribution in [0.25, 0.3) is 0 Å². The molecule has 1 fully saturated rings. The van der Waals surface area contributed by atoms with Crippen LogP contribution in [-0.2, 0) is 6.42 Å². The van der Waals surface area contributed by atoms with Gasteiger partial charge in [-0.1, -0.05) is 12.1 Å². The predicted molar refractivity (Wildman–Crippen MR) is 135 cm³/mol. The summed E-state index contributed by atoms with van der Waals surface area (Å²) < 4.78 is 16.4. The molecule has 0 saturated carbocycles. The van der Waals surface area contributed by atoms with E-state index in [2.05, 4.69) is 10.2 Å². The number of carbonyl (C=O) groups is 1. The molecule has 0 aromatic heterocycles. The van der Waals surface area contributed by atoms with Crippen molar-refractivity contribution in [3.63, 3.8) is 0 Å². The summed E-state index contributed by atoms with van der Waals surface area (Å²) in [4.78, 5) is 15.0. The van der Waals surface area contributed by atoms with Gasteiger partial charge in [0.1, 0.15) is 0 Å². The van der Waals surface area contributed by atoms with Crippen molar-refractivity contribution >= 4 is 23.0 Å². The summed E-state index contributed by atoms with van der Waals surface area (Å²) in [7, 11) is 4.88. The maximum atomic E-state index is 12.6. The van der Waals surface area contributed by atoms with E-state index in [0.717, 1.165) is 37.2 Å². The Morgan fingerprint density at radius 2 is 1.68 bits per heavy atom. The molecule has 0 radical (unpaired) electrons. The van der Waals surface area contributed by atoms with Gasteiger partial charge in [0.25, 0.3) is 5.91 Å². The van der Waals surface area contributed by atoms with Crippen molar-refractivity contribution in [2.24, 2.45) is 5.92 Å². The molecule has 1 atom stereocenters. The minimum atomic E-state index is -0.175. The summed E-state index contributed by atoms with van der Waals surface area (Å²) in [6.07, 6.45) is 2.01. The Bertz CT molecular complexity index is 1120. The van der Waals surface area contributed by atoms with Crippen LogP contribution in [0.2, 0.25) is 0 Å². The van der Waals surface area contributed by atoms with Gasteiger partial charge in [-0.2, -0.15) is 0 Å². The quantitative estimate of drug-likeness (QED) is 0.476. The van der Waals surface area contributed by atoms with Gasteiger partial charge < -0.3 is 30.2 Å². The molecule has 0 bridgehead atoms. The number of hydrogen-bond donors (Lipinski definition) is 2. The highest BCUT2D eigenvalue weighted by Crippen LogP contribution is 2.39. The summed E-state index contributed by atoms with van der Waals surface area (Å²) in [6, 6.07) is 19.0. The summed E-state index contributed by atoms with van der Waals surface area (Å²) in [5.41, 5.74) is 9.96. The Balaban J connectivity index is 1.39. The molecule has 3 aromatic rings. The van der Waals surface area contributed by atoms with Crippen LogP contribution in [0, 0.1) is 5.92 Å². The first-order valence-electron chi connectivity index (χ1n) is 11.3. The smallest absolute Gasteiger partial charge is 0.255 e.